The third-order valence-corrected chi connectivity index (χ3v) is 3.94. The topological polar surface area (TPSA) is 83.5 Å². The van der Waals surface area contributed by atoms with Gasteiger partial charge in [-0.25, -0.2) is 10.4 Å². The van der Waals surface area contributed by atoms with Gasteiger partial charge in [-0.1, -0.05) is 30.7 Å². The van der Waals surface area contributed by atoms with Crippen molar-refractivity contribution in [3.63, 3.8) is 0 Å². The van der Waals surface area contributed by atoms with Crippen LogP contribution in [0, 0.1) is 0 Å². The van der Waals surface area contributed by atoms with Gasteiger partial charge >= 0.3 is 11.8 Å². The Morgan fingerprint density at radius 2 is 1.96 bits per heavy atom. The maximum Gasteiger partial charge on any atom is 0.329 e. The molecule has 0 aliphatic rings. The zero-order chi connectivity index (χ0) is 16.8. The van der Waals surface area contributed by atoms with Crippen LogP contribution in [0.2, 0.25) is 5.02 Å². The largest absolute Gasteiger partial charge is 0.329 e. The summed E-state index contributed by atoms with van der Waals surface area (Å²) in [5, 5.41) is 9.00. The minimum atomic E-state index is -0.832. The molecule has 2 N–H and O–H groups in total. The number of hydrogen-bond donors (Lipinski definition) is 2. The summed E-state index contributed by atoms with van der Waals surface area (Å²) in [6.45, 7) is 3.66. The van der Waals surface area contributed by atoms with Crippen LogP contribution in [0.1, 0.15) is 20.3 Å². The summed E-state index contributed by atoms with van der Waals surface area (Å²) in [7, 11) is 0. The fourth-order valence-corrected chi connectivity index (χ4v) is 2.36. The van der Waals surface area contributed by atoms with Gasteiger partial charge in [0.25, 0.3) is 0 Å². The second-order valence-electron chi connectivity index (χ2n) is 4.64. The molecule has 0 unspecified atom stereocenters. The van der Waals surface area contributed by atoms with E-state index in [4.69, 9.17) is 11.6 Å². The van der Waals surface area contributed by atoms with Gasteiger partial charge in [0.1, 0.15) is 0 Å². The third-order valence-electron chi connectivity index (χ3n) is 2.93. The second kappa shape index (κ2) is 7.85. The van der Waals surface area contributed by atoms with E-state index in [0.717, 1.165) is 11.3 Å². The van der Waals surface area contributed by atoms with Crippen molar-refractivity contribution in [1.82, 2.24) is 10.4 Å². The maximum absolute atomic E-state index is 11.8. The number of carbonyl (C=O) groups is 2. The molecular weight excluding hydrogens is 336 g/mol. The van der Waals surface area contributed by atoms with Gasteiger partial charge in [-0.15, -0.1) is 11.3 Å². The zero-order valence-corrected chi connectivity index (χ0v) is 14.2. The number of anilines is 1. The number of amides is 2. The van der Waals surface area contributed by atoms with E-state index in [2.05, 4.69) is 20.8 Å². The number of thiazole rings is 1. The average molecular weight is 351 g/mol. The average Bonchev–Trinajstić information content (AvgIpc) is 3.01. The number of halogens is 1. The molecular formula is C15H15ClN4O2S. The normalized spacial score (nSPS) is 11.2. The van der Waals surface area contributed by atoms with Crippen LogP contribution < -0.4 is 10.7 Å². The molecule has 0 bridgehead atoms. The summed E-state index contributed by atoms with van der Waals surface area (Å²) in [4.78, 5) is 27.6. The lowest BCUT2D eigenvalue weighted by atomic mass is 10.2. The Labute approximate surface area is 142 Å². The van der Waals surface area contributed by atoms with E-state index in [-0.39, 0.29) is 0 Å². The number of aromatic nitrogens is 1. The quantitative estimate of drug-likeness (QED) is 0.504. The lowest BCUT2D eigenvalue weighted by molar-refractivity contribution is -0.136. The Morgan fingerprint density at radius 1 is 1.26 bits per heavy atom. The molecule has 6 nitrogen and oxygen atoms in total. The summed E-state index contributed by atoms with van der Waals surface area (Å²) in [6, 6.07) is 7.18. The summed E-state index contributed by atoms with van der Waals surface area (Å²) in [6.07, 6.45) is 0.693. The van der Waals surface area contributed by atoms with Gasteiger partial charge in [-0.2, -0.15) is 5.10 Å². The molecule has 2 rings (SSSR count). The Balaban J connectivity index is 2.00. The Bertz CT molecular complexity index is 740. The van der Waals surface area contributed by atoms with E-state index in [1.165, 1.54) is 11.3 Å². The van der Waals surface area contributed by atoms with Crippen LogP contribution in [0.4, 0.5) is 5.13 Å². The SMILES string of the molecule is CC/C(C)=N/NC(=O)C(=O)Nc1nc(-c2ccc(Cl)cc2)cs1. The number of carbonyl (C=O) groups excluding carboxylic acids is 2. The standard InChI is InChI=1S/C15H15ClN4O2S/c1-3-9(2)19-20-14(22)13(21)18-15-17-12(8-23-15)10-4-6-11(16)7-5-10/h4-8H,3H2,1-2H3,(H,20,22)(H,17,18,21)/b19-9+. The zero-order valence-electron chi connectivity index (χ0n) is 12.6. The summed E-state index contributed by atoms with van der Waals surface area (Å²) in [5.74, 6) is -1.64. The van der Waals surface area contributed by atoms with Crippen LogP contribution in [-0.4, -0.2) is 22.5 Å². The van der Waals surface area contributed by atoms with E-state index < -0.39 is 11.8 Å². The summed E-state index contributed by atoms with van der Waals surface area (Å²) >= 11 is 7.07. The minimum absolute atomic E-state index is 0.339. The number of benzene rings is 1. The molecule has 0 aliphatic heterocycles. The first-order valence-corrected chi connectivity index (χ1v) is 8.11. The molecule has 1 aromatic heterocycles. The lowest BCUT2D eigenvalue weighted by Gasteiger charge is -2.01. The van der Waals surface area contributed by atoms with Crippen molar-refractivity contribution >= 4 is 45.6 Å². The molecule has 1 aromatic carbocycles. The first-order chi connectivity index (χ1) is 11.0. The highest BCUT2D eigenvalue weighted by Gasteiger charge is 2.15. The molecule has 0 fully saturated rings. The maximum atomic E-state index is 11.8. The first-order valence-electron chi connectivity index (χ1n) is 6.85. The van der Waals surface area contributed by atoms with Crippen LogP contribution in [0.15, 0.2) is 34.7 Å². The first kappa shape index (κ1) is 17.1. The van der Waals surface area contributed by atoms with Crippen molar-refractivity contribution in [1.29, 1.82) is 0 Å². The van der Waals surface area contributed by atoms with Crippen LogP contribution in [0.5, 0.6) is 0 Å². The molecule has 8 heteroatoms. The molecule has 2 aromatic rings. The Hall–Kier alpha value is -2.25. The minimum Gasteiger partial charge on any atom is -0.294 e. The molecule has 0 radical (unpaired) electrons. The Kier molecular flexibility index (Phi) is 5.84. The van der Waals surface area contributed by atoms with Crippen molar-refractivity contribution in [2.45, 2.75) is 20.3 Å². The van der Waals surface area contributed by atoms with Gasteiger partial charge in [0, 0.05) is 21.7 Å². The van der Waals surface area contributed by atoms with Crippen molar-refractivity contribution in [2.24, 2.45) is 5.10 Å². The summed E-state index contributed by atoms with van der Waals surface area (Å²) in [5.41, 5.74) is 4.49. The molecule has 1 heterocycles. The fourth-order valence-electron chi connectivity index (χ4n) is 1.51. The fraction of sp³-hybridized carbons (Fsp3) is 0.200. The molecule has 23 heavy (non-hydrogen) atoms. The highest BCUT2D eigenvalue weighted by Crippen LogP contribution is 2.25. The van der Waals surface area contributed by atoms with Gasteiger partial charge in [-0.3, -0.25) is 14.9 Å². The molecule has 0 spiro atoms. The van der Waals surface area contributed by atoms with Crippen molar-refractivity contribution in [3.8, 4) is 11.3 Å². The number of rotatable bonds is 4. The van der Waals surface area contributed by atoms with Gasteiger partial charge in [-0.05, 0) is 25.5 Å². The predicted molar refractivity (Wildman–Crippen MR) is 92.7 cm³/mol. The number of hydrazone groups is 1. The molecule has 120 valence electrons. The number of nitrogens with one attached hydrogen (secondary N) is 2. The van der Waals surface area contributed by atoms with Crippen LogP contribution in [-0.2, 0) is 9.59 Å². The van der Waals surface area contributed by atoms with E-state index in [1.54, 1.807) is 24.4 Å². The molecule has 0 saturated carbocycles. The van der Waals surface area contributed by atoms with Crippen LogP contribution in [0.3, 0.4) is 0 Å². The van der Waals surface area contributed by atoms with Gasteiger partial charge < -0.3 is 0 Å². The predicted octanol–water partition coefficient (Wildman–Crippen LogP) is 3.30. The van der Waals surface area contributed by atoms with Gasteiger partial charge in [0.05, 0.1) is 5.69 Å². The van der Waals surface area contributed by atoms with Crippen molar-refractivity contribution in [3.05, 3.63) is 34.7 Å². The smallest absolute Gasteiger partial charge is 0.294 e. The highest BCUT2D eigenvalue weighted by atomic mass is 35.5. The molecule has 2 amide bonds. The number of hydrogen-bond acceptors (Lipinski definition) is 5. The van der Waals surface area contributed by atoms with Crippen LogP contribution >= 0.6 is 22.9 Å². The van der Waals surface area contributed by atoms with Crippen molar-refractivity contribution < 1.29 is 9.59 Å². The van der Waals surface area contributed by atoms with E-state index in [1.807, 2.05) is 19.1 Å². The Morgan fingerprint density at radius 3 is 2.61 bits per heavy atom. The monoisotopic (exact) mass is 350 g/mol. The van der Waals surface area contributed by atoms with Crippen molar-refractivity contribution in [2.75, 3.05) is 5.32 Å². The van der Waals surface area contributed by atoms with E-state index in [0.29, 0.717) is 22.3 Å². The van der Waals surface area contributed by atoms with E-state index in [9.17, 15) is 9.59 Å². The van der Waals surface area contributed by atoms with E-state index >= 15 is 0 Å². The number of nitrogens with zero attached hydrogens (tertiary/aromatic N) is 2. The third kappa shape index (κ3) is 4.87. The lowest BCUT2D eigenvalue weighted by Crippen LogP contribution is -2.32. The van der Waals surface area contributed by atoms with Gasteiger partial charge in [0.2, 0.25) is 0 Å². The van der Waals surface area contributed by atoms with Gasteiger partial charge in [0.15, 0.2) is 5.13 Å². The second-order valence-corrected chi connectivity index (χ2v) is 5.94. The summed E-state index contributed by atoms with van der Waals surface area (Å²) < 4.78 is 0. The molecule has 0 aliphatic carbocycles. The molecule has 0 atom stereocenters. The highest BCUT2D eigenvalue weighted by molar-refractivity contribution is 7.14. The van der Waals surface area contributed by atoms with Crippen LogP contribution in [0.25, 0.3) is 11.3 Å². The molecule has 0 saturated heterocycles.